The van der Waals surface area contributed by atoms with Crippen LogP contribution in [0.2, 0.25) is 0 Å². The van der Waals surface area contributed by atoms with Crippen molar-refractivity contribution in [2.45, 2.75) is 25.7 Å². The standard InChI is InChI=1S/C24H28FN5O/c1-26-24(28-13-10-18-16-29-21-9-8-19(25)15-20(18)21)27-12-4-7-23(31)30-14-11-17-5-2-3-6-22(17)30/h2-3,5-6,8-9,15-16,29H,4,7,10-14H2,1H3,(H2,26,27,28). The van der Waals surface area contributed by atoms with Crippen LogP contribution in [0, 0.1) is 5.82 Å². The van der Waals surface area contributed by atoms with Crippen molar-refractivity contribution >= 4 is 28.5 Å². The van der Waals surface area contributed by atoms with Gasteiger partial charge in [0.1, 0.15) is 5.82 Å². The van der Waals surface area contributed by atoms with E-state index < -0.39 is 0 Å². The maximum absolute atomic E-state index is 13.5. The average molecular weight is 422 g/mol. The number of hydrogen-bond acceptors (Lipinski definition) is 2. The molecule has 1 amide bonds. The summed E-state index contributed by atoms with van der Waals surface area (Å²) in [6.07, 6.45) is 4.83. The highest BCUT2D eigenvalue weighted by atomic mass is 19.1. The van der Waals surface area contributed by atoms with Gasteiger partial charge in [0.2, 0.25) is 5.91 Å². The molecule has 4 rings (SSSR count). The Balaban J connectivity index is 1.19. The molecule has 0 unspecified atom stereocenters. The minimum absolute atomic E-state index is 0.168. The molecule has 31 heavy (non-hydrogen) atoms. The lowest BCUT2D eigenvalue weighted by molar-refractivity contribution is -0.118. The molecular weight excluding hydrogens is 393 g/mol. The van der Waals surface area contributed by atoms with E-state index in [1.54, 1.807) is 19.2 Å². The number of para-hydroxylation sites is 1. The summed E-state index contributed by atoms with van der Waals surface area (Å²) in [5.74, 6) is 0.636. The normalized spacial score (nSPS) is 13.5. The number of aromatic nitrogens is 1. The molecule has 0 radical (unpaired) electrons. The number of carbonyl (C=O) groups excluding carboxylic acids is 1. The number of benzene rings is 2. The quantitative estimate of drug-likeness (QED) is 0.311. The topological polar surface area (TPSA) is 72.5 Å². The van der Waals surface area contributed by atoms with Crippen LogP contribution in [-0.4, -0.2) is 43.5 Å². The molecule has 1 aliphatic heterocycles. The molecule has 0 bridgehead atoms. The van der Waals surface area contributed by atoms with Crippen molar-refractivity contribution in [3.8, 4) is 0 Å². The molecule has 0 saturated carbocycles. The second-order valence-electron chi connectivity index (χ2n) is 7.71. The van der Waals surface area contributed by atoms with Crippen LogP contribution >= 0.6 is 0 Å². The summed E-state index contributed by atoms with van der Waals surface area (Å²) < 4.78 is 13.5. The Morgan fingerprint density at radius 2 is 2.03 bits per heavy atom. The maximum Gasteiger partial charge on any atom is 0.227 e. The lowest BCUT2D eigenvalue weighted by atomic mass is 10.1. The first-order chi connectivity index (χ1) is 15.2. The lowest BCUT2D eigenvalue weighted by Gasteiger charge is -2.17. The fourth-order valence-corrected chi connectivity index (χ4v) is 4.07. The van der Waals surface area contributed by atoms with Crippen LogP contribution in [0.4, 0.5) is 10.1 Å². The number of H-pyrrole nitrogens is 1. The first kappa shape index (κ1) is 20.9. The van der Waals surface area contributed by atoms with Gasteiger partial charge in [-0.25, -0.2) is 4.39 Å². The third-order valence-electron chi connectivity index (χ3n) is 5.69. The van der Waals surface area contributed by atoms with Crippen LogP contribution in [0.1, 0.15) is 24.0 Å². The Morgan fingerprint density at radius 3 is 2.90 bits per heavy atom. The Kier molecular flexibility index (Phi) is 6.50. The van der Waals surface area contributed by atoms with E-state index in [4.69, 9.17) is 0 Å². The molecule has 0 aliphatic carbocycles. The van der Waals surface area contributed by atoms with Gasteiger partial charge in [0.25, 0.3) is 0 Å². The SMILES string of the molecule is CN=C(NCCCC(=O)N1CCc2ccccc21)NCCc1c[nH]c2ccc(F)cc12. The molecule has 0 spiro atoms. The predicted molar refractivity (Wildman–Crippen MR) is 123 cm³/mol. The molecule has 2 aromatic carbocycles. The fourth-order valence-electron chi connectivity index (χ4n) is 4.07. The van der Waals surface area contributed by atoms with Gasteiger partial charge in [-0.1, -0.05) is 18.2 Å². The number of guanidine groups is 1. The molecule has 162 valence electrons. The van der Waals surface area contributed by atoms with Gasteiger partial charge in [-0.15, -0.1) is 0 Å². The van der Waals surface area contributed by atoms with Crippen molar-refractivity contribution in [3.63, 3.8) is 0 Å². The van der Waals surface area contributed by atoms with E-state index in [9.17, 15) is 9.18 Å². The Labute approximate surface area is 181 Å². The Morgan fingerprint density at radius 1 is 1.19 bits per heavy atom. The highest BCUT2D eigenvalue weighted by molar-refractivity contribution is 5.95. The molecule has 0 saturated heterocycles. The molecule has 1 aliphatic rings. The molecule has 6 nitrogen and oxygen atoms in total. The third-order valence-corrected chi connectivity index (χ3v) is 5.69. The number of halogens is 1. The van der Waals surface area contributed by atoms with Gasteiger partial charge in [-0.05, 0) is 54.7 Å². The van der Waals surface area contributed by atoms with Gasteiger partial charge in [-0.3, -0.25) is 9.79 Å². The number of carbonyl (C=O) groups is 1. The number of amides is 1. The number of nitrogens with zero attached hydrogens (tertiary/aromatic N) is 2. The van der Waals surface area contributed by atoms with Gasteiger partial charge in [-0.2, -0.15) is 0 Å². The van der Waals surface area contributed by atoms with E-state index in [1.807, 2.05) is 29.3 Å². The molecule has 2 heterocycles. The van der Waals surface area contributed by atoms with E-state index in [1.165, 1.54) is 11.6 Å². The molecule has 7 heteroatoms. The maximum atomic E-state index is 13.5. The smallest absolute Gasteiger partial charge is 0.227 e. The van der Waals surface area contributed by atoms with Gasteiger partial charge < -0.3 is 20.5 Å². The van der Waals surface area contributed by atoms with Crippen LogP contribution in [0.3, 0.4) is 0 Å². The summed E-state index contributed by atoms with van der Waals surface area (Å²) in [4.78, 5) is 21.9. The van der Waals surface area contributed by atoms with Crippen LogP contribution in [0.15, 0.2) is 53.7 Å². The van der Waals surface area contributed by atoms with Gasteiger partial charge in [0.05, 0.1) is 0 Å². The minimum atomic E-state index is -0.231. The summed E-state index contributed by atoms with van der Waals surface area (Å²) in [6.45, 7) is 2.11. The van der Waals surface area contributed by atoms with Crippen LogP contribution in [-0.2, 0) is 17.6 Å². The molecule has 0 fully saturated rings. The Bertz CT molecular complexity index is 1090. The number of fused-ring (bicyclic) bond motifs is 2. The minimum Gasteiger partial charge on any atom is -0.361 e. The van der Waals surface area contributed by atoms with Gasteiger partial charge in [0, 0.05) is 55.9 Å². The number of rotatable bonds is 7. The zero-order valence-electron chi connectivity index (χ0n) is 17.7. The third kappa shape index (κ3) is 4.87. The number of aromatic amines is 1. The van der Waals surface area contributed by atoms with Crippen molar-refractivity contribution in [2.24, 2.45) is 4.99 Å². The second-order valence-corrected chi connectivity index (χ2v) is 7.71. The number of nitrogens with one attached hydrogen (secondary N) is 3. The Hall–Kier alpha value is -3.35. The van der Waals surface area contributed by atoms with E-state index in [-0.39, 0.29) is 11.7 Å². The van der Waals surface area contributed by atoms with Crippen molar-refractivity contribution in [1.29, 1.82) is 0 Å². The van der Waals surface area contributed by atoms with E-state index >= 15 is 0 Å². The summed E-state index contributed by atoms with van der Waals surface area (Å²) in [7, 11) is 1.72. The van der Waals surface area contributed by atoms with Gasteiger partial charge in [0.15, 0.2) is 5.96 Å². The van der Waals surface area contributed by atoms with Crippen LogP contribution in [0.5, 0.6) is 0 Å². The first-order valence-corrected chi connectivity index (χ1v) is 10.7. The molecule has 1 aromatic heterocycles. The lowest BCUT2D eigenvalue weighted by Crippen LogP contribution is -2.39. The van der Waals surface area contributed by atoms with Crippen molar-refractivity contribution < 1.29 is 9.18 Å². The highest BCUT2D eigenvalue weighted by Gasteiger charge is 2.23. The zero-order valence-corrected chi connectivity index (χ0v) is 17.7. The van der Waals surface area contributed by atoms with E-state index in [0.29, 0.717) is 25.5 Å². The molecule has 3 N–H and O–H groups in total. The highest BCUT2D eigenvalue weighted by Crippen LogP contribution is 2.28. The van der Waals surface area contributed by atoms with Crippen molar-refractivity contribution in [1.82, 2.24) is 15.6 Å². The van der Waals surface area contributed by atoms with Crippen LogP contribution in [0.25, 0.3) is 10.9 Å². The monoisotopic (exact) mass is 421 g/mol. The van der Waals surface area contributed by atoms with Crippen molar-refractivity contribution in [3.05, 3.63) is 65.6 Å². The molecular formula is C24H28FN5O. The number of anilines is 1. The van der Waals surface area contributed by atoms with Crippen molar-refractivity contribution in [2.75, 3.05) is 31.6 Å². The largest absolute Gasteiger partial charge is 0.361 e. The van der Waals surface area contributed by atoms with E-state index in [0.717, 1.165) is 48.0 Å². The summed E-state index contributed by atoms with van der Waals surface area (Å²) >= 11 is 0. The number of aliphatic imine (C=N–C) groups is 1. The number of hydrogen-bond donors (Lipinski definition) is 3. The average Bonchev–Trinajstić information content (AvgIpc) is 3.39. The van der Waals surface area contributed by atoms with Gasteiger partial charge >= 0.3 is 0 Å². The fraction of sp³-hybridized carbons (Fsp3) is 0.333. The predicted octanol–water partition coefficient (Wildman–Crippen LogP) is 3.38. The molecule has 0 atom stereocenters. The second kappa shape index (κ2) is 9.64. The zero-order chi connectivity index (χ0) is 21.6. The van der Waals surface area contributed by atoms with Crippen LogP contribution < -0.4 is 15.5 Å². The summed E-state index contributed by atoms with van der Waals surface area (Å²) in [5.41, 5.74) is 4.30. The molecule has 3 aromatic rings. The summed E-state index contributed by atoms with van der Waals surface area (Å²) in [5, 5.41) is 7.45. The van der Waals surface area contributed by atoms with E-state index in [2.05, 4.69) is 26.7 Å². The first-order valence-electron chi connectivity index (χ1n) is 10.7. The summed E-state index contributed by atoms with van der Waals surface area (Å²) in [6, 6.07) is 12.9.